The summed E-state index contributed by atoms with van der Waals surface area (Å²) in [5, 5.41) is 2.98. The molecule has 4 nitrogen and oxygen atoms in total. The number of carbonyl (C=O) groups excluding carboxylic acids is 1. The number of benzene rings is 2. The molecule has 0 aliphatic carbocycles. The molecule has 1 atom stereocenters. The van der Waals surface area contributed by atoms with Gasteiger partial charge in [0, 0.05) is 12.3 Å². The van der Waals surface area contributed by atoms with Crippen molar-refractivity contribution in [3.8, 4) is 11.5 Å². The zero-order valence-electron chi connectivity index (χ0n) is 14.5. The summed E-state index contributed by atoms with van der Waals surface area (Å²) in [5.41, 5.74) is 2.25. The lowest BCUT2D eigenvalue weighted by atomic mass is 10.1. The lowest BCUT2D eigenvalue weighted by Gasteiger charge is -2.20. The fourth-order valence-corrected chi connectivity index (χ4v) is 3.86. The highest BCUT2D eigenvalue weighted by Crippen LogP contribution is 2.32. The van der Waals surface area contributed by atoms with Crippen LogP contribution < -0.4 is 14.8 Å². The highest BCUT2D eigenvalue weighted by Gasteiger charge is 2.22. The van der Waals surface area contributed by atoms with Crippen molar-refractivity contribution in [3.63, 3.8) is 0 Å². The van der Waals surface area contributed by atoms with E-state index in [-0.39, 0.29) is 23.9 Å². The molecule has 2 aromatic carbocycles. The van der Waals surface area contributed by atoms with Crippen LogP contribution in [0, 0.1) is 5.92 Å². The first kappa shape index (κ1) is 17.7. The van der Waals surface area contributed by atoms with Crippen LogP contribution in [0.4, 0.5) is 0 Å². The van der Waals surface area contributed by atoms with E-state index < -0.39 is 0 Å². The van der Waals surface area contributed by atoms with E-state index in [0.29, 0.717) is 6.54 Å². The Morgan fingerprint density at radius 3 is 2.60 bits per heavy atom. The molecule has 0 saturated carbocycles. The Kier molecular flexibility index (Phi) is 5.87. The fourth-order valence-electron chi connectivity index (χ4n) is 2.67. The van der Waals surface area contributed by atoms with E-state index in [0.717, 1.165) is 22.8 Å². The zero-order chi connectivity index (χ0) is 17.6. The average molecular weight is 357 g/mol. The number of fused-ring (bicyclic) bond motifs is 1. The Bertz CT molecular complexity index is 718. The number of ether oxygens (including phenoxy) is 2. The first-order chi connectivity index (χ1) is 12.1. The molecule has 0 saturated heterocycles. The van der Waals surface area contributed by atoms with Gasteiger partial charge in [0.1, 0.15) is 0 Å². The molecule has 0 aromatic heterocycles. The van der Waals surface area contributed by atoms with E-state index in [1.807, 2.05) is 36.4 Å². The summed E-state index contributed by atoms with van der Waals surface area (Å²) in [7, 11) is 0. The van der Waals surface area contributed by atoms with Gasteiger partial charge in [0.05, 0.1) is 5.25 Å². The van der Waals surface area contributed by atoms with Gasteiger partial charge in [-0.05, 0) is 29.2 Å². The molecule has 0 fully saturated rings. The molecule has 1 unspecified atom stereocenters. The van der Waals surface area contributed by atoms with Gasteiger partial charge in [-0.15, -0.1) is 11.8 Å². The standard InChI is InChI=1S/C20H23NO3S/c1-14(2)19(25-12-15-6-4-3-5-7-15)20(22)21-11-16-8-9-17-18(10-16)24-13-23-17/h3-10,14,19H,11-13H2,1-2H3,(H,21,22). The zero-order valence-corrected chi connectivity index (χ0v) is 15.3. The Morgan fingerprint density at radius 1 is 1.08 bits per heavy atom. The number of hydrogen-bond acceptors (Lipinski definition) is 4. The van der Waals surface area contributed by atoms with Crippen molar-refractivity contribution in [3.05, 3.63) is 59.7 Å². The minimum absolute atomic E-state index is 0.0748. The molecule has 25 heavy (non-hydrogen) atoms. The largest absolute Gasteiger partial charge is 0.454 e. The van der Waals surface area contributed by atoms with Gasteiger partial charge in [-0.2, -0.15) is 0 Å². The van der Waals surface area contributed by atoms with Crippen molar-refractivity contribution in [1.29, 1.82) is 0 Å². The van der Waals surface area contributed by atoms with E-state index >= 15 is 0 Å². The minimum atomic E-state index is -0.0748. The lowest BCUT2D eigenvalue weighted by molar-refractivity contribution is -0.121. The third-order valence-electron chi connectivity index (χ3n) is 4.04. The monoisotopic (exact) mass is 357 g/mol. The number of rotatable bonds is 7. The molecular weight excluding hydrogens is 334 g/mol. The van der Waals surface area contributed by atoms with Gasteiger partial charge in [0.15, 0.2) is 11.5 Å². The number of nitrogens with one attached hydrogen (secondary N) is 1. The molecule has 132 valence electrons. The van der Waals surface area contributed by atoms with E-state index in [1.165, 1.54) is 5.56 Å². The van der Waals surface area contributed by atoms with Crippen molar-refractivity contribution >= 4 is 17.7 Å². The summed E-state index contributed by atoms with van der Waals surface area (Å²) in [6, 6.07) is 16.0. The Labute approximate surface area is 152 Å². The Hall–Kier alpha value is -2.14. The van der Waals surface area contributed by atoms with Gasteiger partial charge in [-0.3, -0.25) is 4.79 Å². The summed E-state index contributed by atoms with van der Waals surface area (Å²) in [5.74, 6) is 2.68. The van der Waals surface area contributed by atoms with E-state index in [4.69, 9.17) is 9.47 Å². The molecule has 3 rings (SSSR count). The van der Waals surface area contributed by atoms with Crippen LogP contribution in [0.5, 0.6) is 11.5 Å². The lowest BCUT2D eigenvalue weighted by Crippen LogP contribution is -2.35. The maximum absolute atomic E-state index is 12.6. The van der Waals surface area contributed by atoms with Crippen molar-refractivity contribution in [2.24, 2.45) is 5.92 Å². The molecule has 1 aliphatic heterocycles. The topological polar surface area (TPSA) is 47.6 Å². The second kappa shape index (κ2) is 8.30. The normalized spacial score (nSPS) is 13.7. The SMILES string of the molecule is CC(C)C(SCc1ccccc1)C(=O)NCc1ccc2c(c1)OCO2. The number of carbonyl (C=O) groups is 1. The molecule has 5 heteroatoms. The van der Waals surface area contributed by atoms with Crippen LogP contribution in [0.3, 0.4) is 0 Å². The third-order valence-corrected chi connectivity index (χ3v) is 5.66. The maximum atomic E-state index is 12.6. The number of thioether (sulfide) groups is 1. The highest BCUT2D eigenvalue weighted by atomic mass is 32.2. The number of amides is 1. The predicted molar refractivity (Wildman–Crippen MR) is 101 cm³/mol. The first-order valence-electron chi connectivity index (χ1n) is 8.45. The summed E-state index contributed by atoms with van der Waals surface area (Å²) < 4.78 is 10.7. The van der Waals surface area contributed by atoms with Crippen LogP contribution in [-0.2, 0) is 17.1 Å². The molecule has 1 N–H and O–H groups in total. The molecule has 0 bridgehead atoms. The van der Waals surface area contributed by atoms with Gasteiger partial charge in [-0.25, -0.2) is 0 Å². The average Bonchev–Trinajstić information content (AvgIpc) is 3.08. The second-order valence-electron chi connectivity index (χ2n) is 6.37. The van der Waals surface area contributed by atoms with Crippen molar-refractivity contribution in [1.82, 2.24) is 5.32 Å². The molecule has 1 amide bonds. The quantitative estimate of drug-likeness (QED) is 0.814. The Morgan fingerprint density at radius 2 is 1.84 bits per heavy atom. The molecule has 0 radical (unpaired) electrons. The van der Waals surface area contributed by atoms with E-state index in [9.17, 15) is 4.79 Å². The van der Waals surface area contributed by atoms with Gasteiger partial charge in [-0.1, -0.05) is 50.2 Å². The highest BCUT2D eigenvalue weighted by molar-refractivity contribution is 7.99. The van der Waals surface area contributed by atoms with Crippen LogP contribution in [0.2, 0.25) is 0 Å². The molecular formula is C20H23NO3S. The maximum Gasteiger partial charge on any atom is 0.233 e. The summed E-state index contributed by atoms with van der Waals surface area (Å²) >= 11 is 1.69. The van der Waals surface area contributed by atoms with Crippen LogP contribution in [0.25, 0.3) is 0 Å². The summed E-state index contributed by atoms with van der Waals surface area (Å²) in [6.45, 7) is 4.92. The molecule has 1 aliphatic rings. The predicted octanol–water partition coefficient (Wildman–Crippen LogP) is 3.99. The van der Waals surface area contributed by atoms with Crippen LogP contribution in [0.1, 0.15) is 25.0 Å². The van der Waals surface area contributed by atoms with Gasteiger partial charge in [0.25, 0.3) is 0 Å². The van der Waals surface area contributed by atoms with Crippen molar-refractivity contribution in [2.45, 2.75) is 31.4 Å². The molecule has 2 aromatic rings. The summed E-state index contributed by atoms with van der Waals surface area (Å²) in [6.07, 6.45) is 0. The van der Waals surface area contributed by atoms with E-state index in [1.54, 1.807) is 11.8 Å². The molecule has 0 spiro atoms. The van der Waals surface area contributed by atoms with Gasteiger partial charge >= 0.3 is 0 Å². The van der Waals surface area contributed by atoms with Crippen molar-refractivity contribution < 1.29 is 14.3 Å². The minimum Gasteiger partial charge on any atom is -0.454 e. The first-order valence-corrected chi connectivity index (χ1v) is 9.50. The van der Waals surface area contributed by atoms with Gasteiger partial charge in [0.2, 0.25) is 12.7 Å². The molecule has 1 heterocycles. The summed E-state index contributed by atoms with van der Waals surface area (Å²) in [4.78, 5) is 12.6. The van der Waals surface area contributed by atoms with Crippen LogP contribution in [-0.4, -0.2) is 18.0 Å². The Balaban J connectivity index is 1.55. The fraction of sp³-hybridized carbons (Fsp3) is 0.350. The van der Waals surface area contributed by atoms with Crippen LogP contribution >= 0.6 is 11.8 Å². The van der Waals surface area contributed by atoms with E-state index in [2.05, 4.69) is 31.3 Å². The number of hydrogen-bond donors (Lipinski definition) is 1. The van der Waals surface area contributed by atoms with Crippen LogP contribution in [0.15, 0.2) is 48.5 Å². The second-order valence-corrected chi connectivity index (χ2v) is 7.50. The smallest absolute Gasteiger partial charge is 0.233 e. The van der Waals surface area contributed by atoms with Crippen molar-refractivity contribution in [2.75, 3.05) is 6.79 Å². The van der Waals surface area contributed by atoms with Gasteiger partial charge < -0.3 is 14.8 Å². The third kappa shape index (κ3) is 4.69.